The number of nitrogens with zero attached hydrogens (tertiary/aromatic N) is 1. The van der Waals surface area contributed by atoms with E-state index in [0.717, 1.165) is 15.6 Å². The van der Waals surface area contributed by atoms with Crippen LogP contribution < -0.4 is 10.1 Å². The molecule has 1 amide bonds. The number of hydrogen-bond donors (Lipinski definition) is 1. The van der Waals surface area contributed by atoms with Crippen LogP contribution >= 0.6 is 23.2 Å². The lowest BCUT2D eigenvalue weighted by atomic mass is 10.1. The molecule has 0 atom stereocenters. The van der Waals surface area contributed by atoms with Gasteiger partial charge in [0.15, 0.2) is 0 Å². The lowest BCUT2D eigenvalue weighted by Crippen LogP contribution is -2.41. The van der Waals surface area contributed by atoms with Gasteiger partial charge in [0.05, 0.1) is 18.6 Å². The van der Waals surface area contributed by atoms with Crippen LogP contribution in [0.25, 0.3) is 0 Å². The molecule has 3 aromatic rings. The zero-order chi connectivity index (χ0) is 24.7. The van der Waals surface area contributed by atoms with Crippen molar-refractivity contribution in [2.45, 2.75) is 17.9 Å². The first kappa shape index (κ1) is 26.0. The summed E-state index contributed by atoms with van der Waals surface area (Å²) < 4.78 is 47.0. The number of sulfonamides is 1. The van der Waals surface area contributed by atoms with Crippen molar-refractivity contribution in [1.29, 1.82) is 0 Å². The van der Waals surface area contributed by atoms with Crippen LogP contribution in [-0.2, 0) is 27.8 Å². The van der Waals surface area contributed by atoms with Gasteiger partial charge in [0.1, 0.15) is 11.6 Å². The average molecular weight is 525 g/mol. The van der Waals surface area contributed by atoms with Crippen molar-refractivity contribution in [2.24, 2.45) is 0 Å². The molecule has 0 radical (unpaired) electrons. The molecule has 0 spiro atoms. The van der Waals surface area contributed by atoms with Gasteiger partial charge >= 0.3 is 0 Å². The lowest BCUT2D eigenvalue weighted by Gasteiger charge is -2.23. The highest BCUT2D eigenvalue weighted by atomic mass is 35.5. The number of carbonyl (C=O) groups is 1. The van der Waals surface area contributed by atoms with E-state index in [1.165, 1.54) is 42.5 Å². The van der Waals surface area contributed by atoms with Crippen molar-refractivity contribution in [3.63, 3.8) is 0 Å². The average Bonchev–Trinajstić information content (AvgIpc) is 2.81. The summed E-state index contributed by atoms with van der Waals surface area (Å²) >= 11 is 12.0. The molecule has 0 aliphatic heterocycles. The predicted octanol–water partition coefficient (Wildman–Crippen LogP) is 4.69. The van der Waals surface area contributed by atoms with Gasteiger partial charge in [0.25, 0.3) is 0 Å². The van der Waals surface area contributed by atoms with Crippen molar-refractivity contribution in [1.82, 2.24) is 9.62 Å². The van der Waals surface area contributed by atoms with Gasteiger partial charge in [0.2, 0.25) is 15.9 Å². The monoisotopic (exact) mass is 524 g/mol. The third-order valence-electron chi connectivity index (χ3n) is 5.06. The Labute approximate surface area is 208 Å². The molecule has 6 nitrogen and oxygen atoms in total. The predicted molar refractivity (Wildman–Crippen MR) is 130 cm³/mol. The van der Waals surface area contributed by atoms with E-state index in [4.69, 9.17) is 27.9 Å². The van der Waals surface area contributed by atoms with Gasteiger partial charge in [-0.25, -0.2) is 12.8 Å². The topological polar surface area (TPSA) is 75.7 Å². The number of carbonyl (C=O) groups excluding carboxylic acids is 1. The minimum atomic E-state index is -4.15. The molecular weight excluding hydrogens is 502 g/mol. The Morgan fingerprint density at radius 2 is 1.71 bits per heavy atom. The largest absolute Gasteiger partial charge is 0.497 e. The summed E-state index contributed by atoms with van der Waals surface area (Å²) in [5, 5.41) is 3.14. The van der Waals surface area contributed by atoms with E-state index in [1.807, 2.05) is 24.3 Å². The highest BCUT2D eigenvalue weighted by Gasteiger charge is 2.28. The van der Waals surface area contributed by atoms with E-state index in [1.54, 1.807) is 7.11 Å². The zero-order valence-electron chi connectivity index (χ0n) is 18.3. The molecule has 3 rings (SSSR count). The molecule has 0 unspecified atom stereocenters. The van der Waals surface area contributed by atoms with Crippen molar-refractivity contribution in [3.8, 4) is 5.75 Å². The lowest BCUT2D eigenvalue weighted by molar-refractivity contribution is -0.121. The van der Waals surface area contributed by atoms with Crippen molar-refractivity contribution in [2.75, 3.05) is 20.2 Å². The number of benzene rings is 3. The van der Waals surface area contributed by atoms with Crippen LogP contribution in [0.2, 0.25) is 10.0 Å². The quantitative estimate of drug-likeness (QED) is 0.417. The van der Waals surface area contributed by atoms with Crippen molar-refractivity contribution < 1.29 is 22.3 Å². The van der Waals surface area contributed by atoms with Crippen LogP contribution in [0.1, 0.15) is 11.1 Å². The Morgan fingerprint density at radius 3 is 2.32 bits per heavy atom. The summed E-state index contributed by atoms with van der Waals surface area (Å²) in [4.78, 5) is 12.6. The molecule has 0 aliphatic rings. The van der Waals surface area contributed by atoms with Gasteiger partial charge in [-0.15, -0.1) is 0 Å². The van der Waals surface area contributed by atoms with Crippen molar-refractivity contribution in [3.05, 3.63) is 93.7 Å². The van der Waals surface area contributed by atoms with Gasteiger partial charge in [-0.1, -0.05) is 41.4 Å². The normalized spacial score (nSPS) is 11.4. The molecular formula is C24H23Cl2FN2O4S. The van der Waals surface area contributed by atoms with Gasteiger partial charge in [-0.05, 0) is 60.5 Å². The fourth-order valence-corrected chi connectivity index (χ4v) is 4.91. The van der Waals surface area contributed by atoms with E-state index in [2.05, 4.69) is 5.32 Å². The second-order valence-electron chi connectivity index (χ2n) is 7.38. The molecule has 10 heteroatoms. The third kappa shape index (κ3) is 6.70. The summed E-state index contributed by atoms with van der Waals surface area (Å²) in [6.45, 7) is -0.638. The highest BCUT2D eigenvalue weighted by molar-refractivity contribution is 7.89. The summed E-state index contributed by atoms with van der Waals surface area (Å²) in [6.07, 6.45) is 0.540. The van der Waals surface area contributed by atoms with Gasteiger partial charge in [-0.2, -0.15) is 4.31 Å². The number of methoxy groups -OCH3 is 1. The summed E-state index contributed by atoms with van der Waals surface area (Å²) in [6, 6.07) is 17.0. The van der Waals surface area contributed by atoms with E-state index in [9.17, 15) is 17.6 Å². The number of halogens is 3. The minimum Gasteiger partial charge on any atom is -0.497 e. The fourth-order valence-electron chi connectivity index (χ4n) is 3.20. The second-order valence-corrected chi connectivity index (χ2v) is 10.2. The van der Waals surface area contributed by atoms with E-state index in [0.29, 0.717) is 18.0 Å². The highest BCUT2D eigenvalue weighted by Crippen LogP contribution is 2.25. The number of amides is 1. The SMILES string of the molecule is COc1ccc(CCNC(=O)CN(Cc2c(F)cccc2Cl)S(=O)(=O)c2ccc(Cl)cc2)cc1. The first-order valence-electron chi connectivity index (χ1n) is 10.3. The molecule has 0 heterocycles. The fraction of sp³-hybridized carbons (Fsp3) is 0.208. The first-order chi connectivity index (χ1) is 16.2. The summed E-state index contributed by atoms with van der Waals surface area (Å²) in [7, 11) is -2.58. The first-order valence-corrected chi connectivity index (χ1v) is 12.5. The van der Waals surface area contributed by atoms with Crippen LogP contribution in [0.5, 0.6) is 5.75 Å². The standard InChI is InChI=1S/C24H23Cl2FN2O4S/c1-33-19-9-5-17(6-10-19)13-14-28-24(30)16-29(15-21-22(26)3-2-4-23(21)27)34(31,32)20-11-7-18(25)8-12-20/h2-12H,13-16H2,1H3,(H,28,30). The molecule has 0 saturated carbocycles. The molecule has 180 valence electrons. The van der Waals surface area contributed by atoms with Crippen LogP contribution in [0.3, 0.4) is 0 Å². The van der Waals surface area contributed by atoms with E-state index in [-0.39, 0.29) is 15.5 Å². The third-order valence-corrected chi connectivity index (χ3v) is 7.47. The molecule has 0 fully saturated rings. The number of rotatable bonds is 10. The molecule has 3 aromatic carbocycles. The smallest absolute Gasteiger partial charge is 0.243 e. The Bertz CT molecular complexity index is 1220. The maximum Gasteiger partial charge on any atom is 0.243 e. The maximum atomic E-state index is 14.4. The number of ether oxygens (including phenoxy) is 1. The van der Waals surface area contributed by atoms with E-state index >= 15 is 0 Å². The molecule has 34 heavy (non-hydrogen) atoms. The van der Waals surface area contributed by atoms with E-state index < -0.39 is 34.8 Å². The minimum absolute atomic E-state index is 0.0206. The molecule has 0 aromatic heterocycles. The molecule has 0 aliphatic carbocycles. The Morgan fingerprint density at radius 1 is 1.03 bits per heavy atom. The number of nitrogens with one attached hydrogen (secondary N) is 1. The second kappa shape index (κ2) is 11.7. The van der Waals surface area contributed by atoms with Crippen LogP contribution in [-0.4, -0.2) is 38.8 Å². The molecule has 0 bridgehead atoms. The Balaban J connectivity index is 1.76. The molecule has 0 saturated heterocycles. The molecule has 1 N–H and O–H groups in total. The number of hydrogen-bond acceptors (Lipinski definition) is 4. The Kier molecular flexibility index (Phi) is 8.90. The zero-order valence-corrected chi connectivity index (χ0v) is 20.6. The van der Waals surface area contributed by atoms with Crippen molar-refractivity contribution >= 4 is 39.1 Å². The van der Waals surface area contributed by atoms with Crippen LogP contribution in [0.15, 0.2) is 71.6 Å². The van der Waals surface area contributed by atoms with Gasteiger partial charge in [0, 0.05) is 28.7 Å². The Hall–Kier alpha value is -2.65. The summed E-state index contributed by atoms with van der Waals surface area (Å²) in [5.74, 6) is -0.468. The maximum absolute atomic E-state index is 14.4. The van der Waals surface area contributed by atoms with Gasteiger partial charge < -0.3 is 10.1 Å². The van der Waals surface area contributed by atoms with Crippen LogP contribution in [0.4, 0.5) is 4.39 Å². The summed E-state index contributed by atoms with van der Waals surface area (Å²) in [5.41, 5.74) is 0.956. The van der Waals surface area contributed by atoms with Crippen LogP contribution in [0, 0.1) is 5.82 Å². The van der Waals surface area contributed by atoms with Gasteiger partial charge in [-0.3, -0.25) is 4.79 Å².